The second kappa shape index (κ2) is 6.60. The number of methoxy groups -OCH3 is 1. The molecule has 3 heteroatoms. The van der Waals surface area contributed by atoms with Gasteiger partial charge in [0.05, 0.1) is 7.11 Å². The van der Waals surface area contributed by atoms with Crippen LogP contribution in [0, 0.1) is 5.82 Å². The Bertz CT molecular complexity index is 350. The Morgan fingerprint density at radius 3 is 2.47 bits per heavy atom. The topological polar surface area (TPSA) is 21.3 Å². The van der Waals surface area contributed by atoms with Gasteiger partial charge in [0.1, 0.15) is 11.6 Å². The van der Waals surface area contributed by atoms with Gasteiger partial charge in [-0.15, -0.1) is 0 Å². The summed E-state index contributed by atoms with van der Waals surface area (Å²) in [6, 6.07) is 5.18. The lowest BCUT2D eigenvalue weighted by molar-refractivity contribution is 0.385. The molecule has 1 unspecified atom stereocenters. The Hall–Kier alpha value is -1.09. The van der Waals surface area contributed by atoms with E-state index in [0.29, 0.717) is 6.04 Å². The van der Waals surface area contributed by atoms with Crippen LogP contribution in [0.5, 0.6) is 5.75 Å². The molecule has 0 aliphatic carbocycles. The van der Waals surface area contributed by atoms with Crippen molar-refractivity contribution in [2.75, 3.05) is 7.11 Å². The van der Waals surface area contributed by atoms with Crippen LogP contribution in [0.2, 0.25) is 0 Å². The van der Waals surface area contributed by atoms with Crippen LogP contribution in [0.4, 0.5) is 4.39 Å². The molecule has 2 nitrogen and oxygen atoms in total. The summed E-state index contributed by atoms with van der Waals surface area (Å²) in [5.41, 5.74) is 0.874. The third kappa shape index (κ3) is 3.70. The third-order valence-electron chi connectivity index (χ3n) is 3.13. The number of nitrogens with one attached hydrogen (secondary N) is 1. The van der Waals surface area contributed by atoms with Gasteiger partial charge in [-0.25, -0.2) is 4.39 Å². The molecule has 0 radical (unpaired) electrons. The average molecular weight is 239 g/mol. The molecule has 0 heterocycles. The summed E-state index contributed by atoms with van der Waals surface area (Å²) in [4.78, 5) is 0. The molecule has 1 rings (SSSR count). The van der Waals surface area contributed by atoms with Gasteiger partial charge in [0.2, 0.25) is 0 Å². The van der Waals surface area contributed by atoms with E-state index in [2.05, 4.69) is 19.2 Å². The summed E-state index contributed by atoms with van der Waals surface area (Å²) in [6.07, 6.45) is 2.14. The summed E-state index contributed by atoms with van der Waals surface area (Å²) >= 11 is 0. The van der Waals surface area contributed by atoms with Gasteiger partial charge in [-0.3, -0.25) is 0 Å². The number of hydrogen-bond acceptors (Lipinski definition) is 2. The van der Waals surface area contributed by atoms with E-state index in [-0.39, 0.29) is 11.9 Å². The first-order valence-electron chi connectivity index (χ1n) is 6.21. The highest BCUT2D eigenvalue weighted by Gasteiger charge is 2.15. The van der Waals surface area contributed by atoms with Crippen LogP contribution in [-0.2, 0) is 0 Å². The fourth-order valence-corrected chi connectivity index (χ4v) is 2.01. The van der Waals surface area contributed by atoms with E-state index >= 15 is 0 Å². The standard InChI is InChI=1S/C14H22FNO/c1-5-12(6-2)16-10(3)13-9-11(15)7-8-14(13)17-4/h7-10,12,16H,5-6H2,1-4H3. The second-order valence-electron chi connectivity index (χ2n) is 4.29. The van der Waals surface area contributed by atoms with E-state index < -0.39 is 0 Å². The van der Waals surface area contributed by atoms with Crippen molar-refractivity contribution >= 4 is 0 Å². The molecule has 0 saturated carbocycles. The zero-order chi connectivity index (χ0) is 12.8. The predicted octanol–water partition coefficient (Wildman–Crippen LogP) is 3.67. The zero-order valence-electron chi connectivity index (χ0n) is 11.1. The van der Waals surface area contributed by atoms with Gasteiger partial charge in [-0.2, -0.15) is 0 Å². The van der Waals surface area contributed by atoms with Crippen LogP contribution in [-0.4, -0.2) is 13.2 Å². The fourth-order valence-electron chi connectivity index (χ4n) is 2.01. The normalized spacial score (nSPS) is 12.8. The molecule has 1 aromatic carbocycles. The maximum Gasteiger partial charge on any atom is 0.123 e. The minimum absolute atomic E-state index is 0.0885. The van der Waals surface area contributed by atoms with Crippen LogP contribution in [0.3, 0.4) is 0 Å². The van der Waals surface area contributed by atoms with Crippen LogP contribution in [0.15, 0.2) is 18.2 Å². The fraction of sp³-hybridized carbons (Fsp3) is 0.571. The monoisotopic (exact) mass is 239 g/mol. The highest BCUT2D eigenvalue weighted by molar-refractivity contribution is 5.36. The molecule has 1 aromatic rings. The molecule has 96 valence electrons. The van der Waals surface area contributed by atoms with Crippen molar-refractivity contribution in [2.24, 2.45) is 0 Å². The summed E-state index contributed by atoms with van der Waals surface area (Å²) in [5, 5.41) is 3.49. The van der Waals surface area contributed by atoms with Crippen molar-refractivity contribution in [3.05, 3.63) is 29.6 Å². The molecule has 1 N–H and O–H groups in total. The first-order chi connectivity index (χ1) is 8.12. The van der Waals surface area contributed by atoms with Gasteiger partial charge in [0, 0.05) is 17.6 Å². The van der Waals surface area contributed by atoms with E-state index in [1.807, 2.05) is 6.92 Å². The van der Waals surface area contributed by atoms with Crippen LogP contribution >= 0.6 is 0 Å². The number of hydrogen-bond donors (Lipinski definition) is 1. The minimum Gasteiger partial charge on any atom is -0.496 e. The Balaban J connectivity index is 2.86. The Morgan fingerprint density at radius 2 is 1.94 bits per heavy atom. The summed E-state index contributed by atoms with van der Waals surface area (Å²) in [5.74, 6) is 0.511. The van der Waals surface area contributed by atoms with Crippen LogP contribution in [0.25, 0.3) is 0 Å². The number of benzene rings is 1. The maximum absolute atomic E-state index is 13.3. The van der Waals surface area contributed by atoms with Crippen molar-refractivity contribution in [3.8, 4) is 5.75 Å². The maximum atomic E-state index is 13.3. The lowest BCUT2D eigenvalue weighted by Gasteiger charge is -2.23. The molecule has 0 bridgehead atoms. The van der Waals surface area contributed by atoms with Gasteiger partial charge in [0.15, 0.2) is 0 Å². The number of rotatable bonds is 6. The smallest absolute Gasteiger partial charge is 0.123 e. The predicted molar refractivity (Wildman–Crippen MR) is 68.9 cm³/mol. The molecule has 0 spiro atoms. The molecular weight excluding hydrogens is 217 g/mol. The Labute approximate surface area is 103 Å². The van der Waals surface area contributed by atoms with Gasteiger partial charge >= 0.3 is 0 Å². The van der Waals surface area contributed by atoms with Crippen molar-refractivity contribution in [2.45, 2.75) is 45.7 Å². The largest absolute Gasteiger partial charge is 0.496 e. The van der Waals surface area contributed by atoms with Crippen molar-refractivity contribution in [3.63, 3.8) is 0 Å². The SMILES string of the molecule is CCC(CC)NC(C)c1cc(F)ccc1OC. The quantitative estimate of drug-likeness (QED) is 0.817. The van der Waals surface area contributed by atoms with Crippen LogP contribution in [0.1, 0.15) is 45.2 Å². The van der Waals surface area contributed by atoms with E-state index in [4.69, 9.17) is 4.74 Å². The average Bonchev–Trinajstić information content (AvgIpc) is 2.35. The molecule has 0 saturated heterocycles. The van der Waals surface area contributed by atoms with E-state index in [0.717, 1.165) is 24.2 Å². The van der Waals surface area contributed by atoms with Crippen molar-refractivity contribution in [1.82, 2.24) is 5.32 Å². The molecular formula is C14H22FNO. The van der Waals surface area contributed by atoms with Crippen molar-refractivity contribution < 1.29 is 9.13 Å². The second-order valence-corrected chi connectivity index (χ2v) is 4.29. The van der Waals surface area contributed by atoms with Crippen LogP contribution < -0.4 is 10.1 Å². The Kier molecular flexibility index (Phi) is 5.42. The zero-order valence-corrected chi connectivity index (χ0v) is 11.1. The summed E-state index contributed by atoms with van der Waals surface area (Å²) in [6.45, 7) is 6.34. The highest BCUT2D eigenvalue weighted by atomic mass is 19.1. The number of halogens is 1. The third-order valence-corrected chi connectivity index (χ3v) is 3.13. The molecule has 0 amide bonds. The minimum atomic E-state index is -0.223. The van der Waals surface area contributed by atoms with Gasteiger partial charge in [-0.1, -0.05) is 13.8 Å². The molecule has 0 aliphatic heterocycles. The molecule has 0 aromatic heterocycles. The molecule has 17 heavy (non-hydrogen) atoms. The lowest BCUT2D eigenvalue weighted by atomic mass is 10.0. The highest BCUT2D eigenvalue weighted by Crippen LogP contribution is 2.26. The first-order valence-corrected chi connectivity index (χ1v) is 6.21. The molecule has 0 fully saturated rings. The molecule has 0 aliphatic rings. The number of ether oxygens (including phenoxy) is 1. The summed E-state index contributed by atoms with van der Waals surface area (Å²) in [7, 11) is 1.61. The van der Waals surface area contributed by atoms with Gasteiger partial charge in [-0.05, 0) is 38.0 Å². The molecule has 1 atom stereocenters. The van der Waals surface area contributed by atoms with Gasteiger partial charge < -0.3 is 10.1 Å². The Morgan fingerprint density at radius 1 is 1.29 bits per heavy atom. The lowest BCUT2D eigenvalue weighted by Crippen LogP contribution is -2.30. The van der Waals surface area contributed by atoms with Gasteiger partial charge in [0.25, 0.3) is 0 Å². The van der Waals surface area contributed by atoms with E-state index in [1.165, 1.54) is 6.07 Å². The van der Waals surface area contributed by atoms with E-state index in [9.17, 15) is 4.39 Å². The van der Waals surface area contributed by atoms with E-state index in [1.54, 1.807) is 19.2 Å². The first kappa shape index (κ1) is 14.0. The van der Waals surface area contributed by atoms with Crippen molar-refractivity contribution in [1.29, 1.82) is 0 Å². The summed E-state index contributed by atoms with van der Waals surface area (Å²) < 4.78 is 18.5.